The molecule has 0 spiro atoms. The molecule has 1 fully saturated rings. The van der Waals surface area contributed by atoms with Crippen LogP contribution in [-0.2, 0) is 4.79 Å². The van der Waals surface area contributed by atoms with Gasteiger partial charge in [-0.1, -0.05) is 6.92 Å². The standard InChI is InChI=1S/C9H18N2O2/c1-2-10-6-9(13)11-5-3-4-8(11)7-12/h8,10,12H,2-7H2,1H3/t8-/m0/s1. The fourth-order valence-corrected chi connectivity index (χ4v) is 1.69. The van der Waals surface area contributed by atoms with Crippen molar-refractivity contribution in [2.75, 3.05) is 26.2 Å². The van der Waals surface area contributed by atoms with Crippen molar-refractivity contribution >= 4 is 5.91 Å². The lowest BCUT2D eigenvalue weighted by Gasteiger charge is -2.22. The second-order valence-corrected chi connectivity index (χ2v) is 3.35. The van der Waals surface area contributed by atoms with Gasteiger partial charge in [0.25, 0.3) is 0 Å². The molecule has 0 aromatic rings. The van der Waals surface area contributed by atoms with E-state index in [0.29, 0.717) is 6.54 Å². The number of amides is 1. The molecule has 4 heteroatoms. The molecule has 1 amide bonds. The van der Waals surface area contributed by atoms with Gasteiger partial charge in [0, 0.05) is 6.54 Å². The number of aliphatic hydroxyl groups excluding tert-OH is 1. The molecule has 1 atom stereocenters. The van der Waals surface area contributed by atoms with Gasteiger partial charge < -0.3 is 15.3 Å². The Hall–Kier alpha value is -0.610. The van der Waals surface area contributed by atoms with Gasteiger partial charge in [-0.05, 0) is 19.4 Å². The number of nitrogens with zero attached hydrogens (tertiary/aromatic N) is 1. The molecule has 0 bridgehead atoms. The molecule has 1 saturated heterocycles. The highest BCUT2D eigenvalue weighted by atomic mass is 16.3. The van der Waals surface area contributed by atoms with E-state index >= 15 is 0 Å². The Kier molecular flexibility index (Phi) is 4.18. The van der Waals surface area contributed by atoms with E-state index in [9.17, 15) is 4.79 Å². The average Bonchev–Trinajstić information content (AvgIpc) is 2.61. The first-order valence-corrected chi connectivity index (χ1v) is 4.90. The second-order valence-electron chi connectivity index (χ2n) is 3.35. The van der Waals surface area contributed by atoms with E-state index in [2.05, 4.69) is 5.32 Å². The SMILES string of the molecule is CCNCC(=O)N1CCC[C@H]1CO. The molecular weight excluding hydrogens is 168 g/mol. The minimum absolute atomic E-state index is 0.0613. The topological polar surface area (TPSA) is 52.6 Å². The van der Waals surface area contributed by atoms with Crippen LogP contribution in [0.1, 0.15) is 19.8 Å². The van der Waals surface area contributed by atoms with Crippen LogP contribution in [-0.4, -0.2) is 48.2 Å². The number of likely N-dealkylation sites (N-methyl/N-ethyl adjacent to an activating group) is 1. The van der Waals surface area contributed by atoms with Crippen LogP contribution in [0.15, 0.2) is 0 Å². The molecule has 1 heterocycles. The highest BCUT2D eigenvalue weighted by Gasteiger charge is 2.27. The molecule has 2 N–H and O–H groups in total. The highest BCUT2D eigenvalue weighted by molar-refractivity contribution is 5.78. The van der Waals surface area contributed by atoms with Crippen LogP contribution in [0.2, 0.25) is 0 Å². The Morgan fingerprint density at radius 3 is 3.08 bits per heavy atom. The Bertz CT molecular complexity index is 173. The molecule has 0 aromatic heterocycles. The molecule has 1 rings (SSSR count). The van der Waals surface area contributed by atoms with Crippen LogP contribution in [0, 0.1) is 0 Å². The van der Waals surface area contributed by atoms with Crippen molar-refractivity contribution in [3.8, 4) is 0 Å². The van der Waals surface area contributed by atoms with Crippen LogP contribution < -0.4 is 5.32 Å². The minimum atomic E-state index is 0.0613. The van der Waals surface area contributed by atoms with Crippen LogP contribution in [0.4, 0.5) is 0 Å². The maximum atomic E-state index is 11.5. The van der Waals surface area contributed by atoms with Crippen molar-refractivity contribution in [2.24, 2.45) is 0 Å². The summed E-state index contributed by atoms with van der Waals surface area (Å²) in [6.07, 6.45) is 1.96. The summed E-state index contributed by atoms with van der Waals surface area (Å²) in [5.41, 5.74) is 0. The van der Waals surface area contributed by atoms with Crippen molar-refractivity contribution in [3.63, 3.8) is 0 Å². The summed E-state index contributed by atoms with van der Waals surface area (Å²) in [7, 11) is 0. The fraction of sp³-hybridized carbons (Fsp3) is 0.889. The van der Waals surface area contributed by atoms with Gasteiger partial charge in [-0.15, -0.1) is 0 Å². The van der Waals surface area contributed by atoms with E-state index in [4.69, 9.17) is 5.11 Å². The van der Waals surface area contributed by atoms with E-state index < -0.39 is 0 Å². The van der Waals surface area contributed by atoms with Crippen molar-refractivity contribution in [3.05, 3.63) is 0 Å². The monoisotopic (exact) mass is 186 g/mol. The quantitative estimate of drug-likeness (QED) is 0.627. The zero-order valence-electron chi connectivity index (χ0n) is 8.12. The molecule has 1 aliphatic heterocycles. The second kappa shape index (κ2) is 5.19. The highest BCUT2D eigenvalue weighted by Crippen LogP contribution is 2.16. The van der Waals surface area contributed by atoms with Gasteiger partial charge in [0.15, 0.2) is 0 Å². The molecule has 76 valence electrons. The molecule has 1 aliphatic rings. The number of likely N-dealkylation sites (tertiary alicyclic amines) is 1. The van der Waals surface area contributed by atoms with E-state index in [1.165, 1.54) is 0 Å². The average molecular weight is 186 g/mol. The van der Waals surface area contributed by atoms with Crippen molar-refractivity contribution < 1.29 is 9.90 Å². The Labute approximate surface area is 78.9 Å². The van der Waals surface area contributed by atoms with Gasteiger partial charge in [0.05, 0.1) is 19.2 Å². The smallest absolute Gasteiger partial charge is 0.236 e. The molecule has 0 saturated carbocycles. The molecule has 13 heavy (non-hydrogen) atoms. The summed E-state index contributed by atoms with van der Waals surface area (Å²) in [6, 6.07) is 0.0613. The summed E-state index contributed by atoms with van der Waals surface area (Å²) in [5.74, 6) is 0.110. The largest absolute Gasteiger partial charge is 0.394 e. The summed E-state index contributed by atoms with van der Waals surface area (Å²) >= 11 is 0. The van der Waals surface area contributed by atoms with Gasteiger partial charge in [-0.25, -0.2) is 0 Å². The van der Waals surface area contributed by atoms with Gasteiger partial charge in [-0.3, -0.25) is 4.79 Å². The summed E-state index contributed by atoms with van der Waals surface area (Å²) < 4.78 is 0. The first kappa shape index (κ1) is 10.5. The summed E-state index contributed by atoms with van der Waals surface area (Å²) in [6.45, 7) is 4.07. The Morgan fingerprint density at radius 2 is 2.46 bits per heavy atom. The Morgan fingerprint density at radius 1 is 1.69 bits per heavy atom. The van der Waals surface area contributed by atoms with Gasteiger partial charge in [0.1, 0.15) is 0 Å². The minimum Gasteiger partial charge on any atom is -0.394 e. The van der Waals surface area contributed by atoms with Crippen molar-refractivity contribution in [2.45, 2.75) is 25.8 Å². The zero-order valence-corrected chi connectivity index (χ0v) is 8.12. The molecule has 0 aliphatic carbocycles. The normalized spacial score (nSPS) is 22.3. The number of rotatable bonds is 4. The lowest BCUT2D eigenvalue weighted by atomic mass is 10.2. The number of aliphatic hydroxyl groups is 1. The third kappa shape index (κ3) is 2.67. The zero-order chi connectivity index (χ0) is 9.68. The number of carbonyl (C=O) groups is 1. The molecule has 0 radical (unpaired) electrons. The van der Waals surface area contributed by atoms with E-state index in [0.717, 1.165) is 25.9 Å². The maximum absolute atomic E-state index is 11.5. The third-order valence-corrected chi connectivity index (χ3v) is 2.43. The van der Waals surface area contributed by atoms with Gasteiger partial charge >= 0.3 is 0 Å². The van der Waals surface area contributed by atoms with E-state index in [1.807, 2.05) is 6.92 Å². The molecule has 4 nitrogen and oxygen atoms in total. The predicted molar refractivity (Wildman–Crippen MR) is 50.4 cm³/mol. The maximum Gasteiger partial charge on any atom is 0.236 e. The van der Waals surface area contributed by atoms with Crippen LogP contribution in [0.25, 0.3) is 0 Å². The van der Waals surface area contributed by atoms with Crippen LogP contribution >= 0.6 is 0 Å². The van der Waals surface area contributed by atoms with Crippen LogP contribution in [0.3, 0.4) is 0 Å². The van der Waals surface area contributed by atoms with Gasteiger partial charge in [-0.2, -0.15) is 0 Å². The van der Waals surface area contributed by atoms with Crippen LogP contribution in [0.5, 0.6) is 0 Å². The van der Waals surface area contributed by atoms with Gasteiger partial charge in [0.2, 0.25) is 5.91 Å². The number of hydrogen-bond acceptors (Lipinski definition) is 3. The number of hydrogen-bond donors (Lipinski definition) is 2. The number of carbonyl (C=O) groups excluding carboxylic acids is 1. The lowest BCUT2D eigenvalue weighted by Crippen LogP contribution is -2.42. The van der Waals surface area contributed by atoms with Crippen molar-refractivity contribution in [1.82, 2.24) is 10.2 Å². The first-order chi connectivity index (χ1) is 6.29. The summed E-state index contributed by atoms with van der Waals surface area (Å²) in [5, 5.41) is 12.0. The Balaban J connectivity index is 2.36. The summed E-state index contributed by atoms with van der Waals surface area (Å²) in [4.78, 5) is 13.3. The molecular formula is C9H18N2O2. The lowest BCUT2D eigenvalue weighted by molar-refractivity contribution is -0.131. The first-order valence-electron chi connectivity index (χ1n) is 4.90. The van der Waals surface area contributed by atoms with Crippen molar-refractivity contribution in [1.29, 1.82) is 0 Å². The predicted octanol–water partition coefficient (Wildman–Crippen LogP) is -0.421. The van der Waals surface area contributed by atoms with E-state index in [-0.39, 0.29) is 18.6 Å². The molecule has 0 unspecified atom stereocenters. The number of nitrogens with one attached hydrogen (secondary N) is 1. The fourth-order valence-electron chi connectivity index (χ4n) is 1.69. The van der Waals surface area contributed by atoms with E-state index in [1.54, 1.807) is 4.90 Å². The molecule has 0 aromatic carbocycles. The third-order valence-electron chi connectivity index (χ3n) is 2.43.